The quantitative estimate of drug-likeness (QED) is 0.806. The van der Waals surface area contributed by atoms with E-state index in [0.717, 1.165) is 19.1 Å². The number of rotatable bonds is 2. The largest absolute Gasteiger partial charge is 0.416 e. The van der Waals surface area contributed by atoms with Crippen LogP contribution < -0.4 is 5.32 Å². The summed E-state index contributed by atoms with van der Waals surface area (Å²) in [6.07, 6.45) is -4.73. The van der Waals surface area contributed by atoms with E-state index >= 15 is 0 Å². The number of hydrogen-bond acceptors (Lipinski definition) is 1. The van der Waals surface area contributed by atoms with E-state index in [1.54, 1.807) is 0 Å². The molecule has 2 aromatic carbocycles. The van der Waals surface area contributed by atoms with Crippen molar-refractivity contribution >= 4 is 11.6 Å². The van der Waals surface area contributed by atoms with Gasteiger partial charge in [-0.3, -0.25) is 4.79 Å². The van der Waals surface area contributed by atoms with Crippen molar-refractivity contribution in [1.29, 1.82) is 0 Å². The van der Waals surface area contributed by atoms with Gasteiger partial charge in [0.2, 0.25) is 5.91 Å². The number of alkyl halides is 3. The molecule has 2 rings (SSSR count). The van der Waals surface area contributed by atoms with Crippen molar-refractivity contribution in [2.45, 2.75) is 13.1 Å². The van der Waals surface area contributed by atoms with Gasteiger partial charge in [0.1, 0.15) is 5.82 Å². The Kier molecular flexibility index (Phi) is 4.16. The summed E-state index contributed by atoms with van der Waals surface area (Å²) < 4.78 is 66.2. The lowest BCUT2D eigenvalue weighted by Gasteiger charge is -2.14. The Labute approximate surface area is 122 Å². The minimum absolute atomic E-state index is 0.0600. The molecular formula is C15H10F5NO. The van der Waals surface area contributed by atoms with Crippen LogP contribution in [0.15, 0.2) is 36.4 Å². The highest BCUT2D eigenvalue weighted by Gasteiger charge is 2.32. The third-order valence-corrected chi connectivity index (χ3v) is 2.85. The zero-order chi connectivity index (χ0) is 16.5. The van der Waals surface area contributed by atoms with Crippen LogP contribution in [0.1, 0.15) is 12.5 Å². The first-order valence-electron chi connectivity index (χ1n) is 6.13. The summed E-state index contributed by atoms with van der Waals surface area (Å²) in [5, 5.41) is 2.00. The SMILES string of the molecule is CC(=O)Nc1cc(C(F)(F)F)cc(-c2cccc(F)c2)c1F. The first kappa shape index (κ1) is 15.9. The van der Waals surface area contributed by atoms with E-state index in [1.807, 2.05) is 5.32 Å². The van der Waals surface area contributed by atoms with Gasteiger partial charge in [0.05, 0.1) is 11.3 Å². The molecule has 0 saturated heterocycles. The highest BCUT2D eigenvalue weighted by molar-refractivity contribution is 5.90. The van der Waals surface area contributed by atoms with Gasteiger partial charge >= 0.3 is 6.18 Å². The van der Waals surface area contributed by atoms with Crippen LogP contribution in [-0.2, 0) is 11.0 Å². The van der Waals surface area contributed by atoms with Crippen LogP contribution in [0.5, 0.6) is 0 Å². The lowest BCUT2D eigenvalue weighted by Crippen LogP contribution is -2.12. The minimum atomic E-state index is -4.73. The normalized spacial score (nSPS) is 11.4. The molecule has 2 aromatic rings. The van der Waals surface area contributed by atoms with Crippen molar-refractivity contribution in [1.82, 2.24) is 0 Å². The Morgan fingerprint density at radius 2 is 1.77 bits per heavy atom. The summed E-state index contributed by atoms with van der Waals surface area (Å²) in [5.41, 5.74) is -2.26. The molecule has 0 atom stereocenters. The standard InChI is InChI=1S/C15H10F5NO/c1-8(22)21-13-7-10(15(18,19)20)6-12(14(13)17)9-3-2-4-11(16)5-9/h2-7H,1H3,(H,21,22). The molecule has 0 spiro atoms. The van der Waals surface area contributed by atoms with Crippen molar-refractivity contribution in [3.63, 3.8) is 0 Å². The van der Waals surface area contributed by atoms with E-state index in [0.29, 0.717) is 12.1 Å². The van der Waals surface area contributed by atoms with Crippen LogP contribution in [0, 0.1) is 11.6 Å². The fraction of sp³-hybridized carbons (Fsp3) is 0.133. The second-order valence-electron chi connectivity index (χ2n) is 4.57. The molecule has 1 N–H and O–H groups in total. The molecule has 2 nitrogen and oxygen atoms in total. The molecule has 1 amide bonds. The number of anilines is 1. The van der Waals surface area contributed by atoms with E-state index in [4.69, 9.17) is 0 Å². The summed E-state index contributed by atoms with van der Waals surface area (Å²) >= 11 is 0. The molecule has 0 fully saturated rings. The van der Waals surface area contributed by atoms with Gasteiger partial charge in [-0.15, -0.1) is 0 Å². The fourth-order valence-corrected chi connectivity index (χ4v) is 1.93. The van der Waals surface area contributed by atoms with E-state index in [2.05, 4.69) is 0 Å². The Morgan fingerprint density at radius 1 is 1.09 bits per heavy atom. The molecule has 0 aliphatic heterocycles. The van der Waals surface area contributed by atoms with Gasteiger partial charge in [0.15, 0.2) is 5.82 Å². The van der Waals surface area contributed by atoms with Gasteiger partial charge in [-0.05, 0) is 29.8 Å². The van der Waals surface area contributed by atoms with Crippen molar-refractivity contribution in [2.75, 3.05) is 5.32 Å². The molecule has 7 heteroatoms. The first-order chi connectivity index (χ1) is 10.2. The lowest BCUT2D eigenvalue weighted by atomic mass is 10.0. The van der Waals surface area contributed by atoms with Gasteiger partial charge in [-0.2, -0.15) is 13.2 Å². The van der Waals surface area contributed by atoms with Gasteiger partial charge in [0, 0.05) is 12.5 Å². The Balaban J connectivity index is 2.69. The molecule has 0 radical (unpaired) electrons. The summed E-state index contributed by atoms with van der Waals surface area (Å²) in [4.78, 5) is 11.0. The Hall–Kier alpha value is -2.44. The Morgan fingerprint density at radius 3 is 2.32 bits per heavy atom. The van der Waals surface area contributed by atoms with E-state index in [9.17, 15) is 26.7 Å². The number of carbonyl (C=O) groups excluding carboxylic acids is 1. The van der Waals surface area contributed by atoms with Crippen LogP contribution in [-0.4, -0.2) is 5.91 Å². The van der Waals surface area contributed by atoms with Crippen LogP contribution in [0.25, 0.3) is 11.1 Å². The average molecular weight is 315 g/mol. The predicted octanol–water partition coefficient (Wildman–Crippen LogP) is 4.61. The zero-order valence-electron chi connectivity index (χ0n) is 11.3. The van der Waals surface area contributed by atoms with Crippen LogP contribution in [0.3, 0.4) is 0 Å². The van der Waals surface area contributed by atoms with Gasteiger partial charge in [-0.25, -0.2) is 8.78 Å². The summed E-state index contributed by atoms with van der Waals surface area (Å²) in [6, 6.07) is 5.61. The lowest BCUT2D eigenvalue weighted by molar-refractivity contribution is -0.137. The molecule has 0 aliphatic carbocycles. The third-order valence-electron chi connectivity index (χ3n) is 2.85. The highest BCUT2D eigenvalue weighted by atomic mass is 19.4. The Bertz CT molecular complexity index is 724. The first-order valence-corrected chi connectivity index (χ1v) is 6.13. The number of nitrogens with one attached hydrogen (secondary N) is 1. The topological polar surface area (TPSA) is 29.1 Å². The zero-order valence-corrected chi connectivity index (χ0v) is 11.3. The van der Waals surface area contributed by atoms with Crippen LogP contribution in [0.2, 0.25) is 0 Å². The monoisotopic (exact) mass is 315 g/mol. The molecule has 0 saturated carbocycles. The third kappa shape index (κ3) is 3.41. The van der Waals surface area contributed by atoms with Crippen LogP contribution in [0.4, 0.5) is 27.6 Å². The van der Waals surface area contributed by atoms with Gasteiger partial charge in [-0.1, -0.05) is 12.1 Å². The second kappa shape index (κ2) is 5.75. The molecule has 0 heterocycles. The maximum atomic E-state index is 14.3. The number of hydrogen-bond donors (Lipinski definition) is 1. The smallest absolute Gasteiger partial charge is 0.324 e. The second-order valence-corrected chi connectivity index (χ2v) is 4.57. The molecule has 22 heavy (non-hydrogen) atoms. The molecule has 0 bridgehead atoms. The van der Waals surface area contributed by atoms with Crippen LogP contribution >= 0.6 is 0 Å². The number of carbonyl (C=O) groups is 1. The maximum Gasteiger partial charge on any atom is 0.416 e. The summed E-state index contributed by atoms with van der Waals surface area (Å²) in [5.74, 6) is -2.49. The van der Waals surface area contributed by atoms with Crippen molar-refractivity contribution in [2.24, 2.45) is 0 Å². The molecule has 0 unspecified atom stereocenters. The molecule has 116 valence electrons. The fourth-order valence-electron chi connectivity index (χ4n) is 1.93. The summed E-state index contributed by atoms with van der Waals surface area (Å²) in [6.45, 7) is 1.04. The predicted molar refractivity (Wildman–Crippen MR) is 71.1 cm³/mol. The van der Waals surface area contributed by atoms with Crippen molar-refractivity contribution < 1.29 is 26.7 Å². The van der Waals surface area contributed by atoms with E-state index in [1.165, 1.54) is 12.1 Å². The van der Waals surface area contributed by atoms with Gasteiger partial charge in [0.25, 0.3) is 0 Å². The number of amides is 1. The maximum absolute atomic E-state index is 14.3. The van der Waals surface area contributed by atoms with Crippen molar-refractivity contribution in [3.05, 3.63) is 53.6 Å². The molecule has 0 aromatic heterocycles. The summed E-state index contributed by atoms with van der Waals surface area (Å²) in [7, 11) is 0. The number of benzene rings is 2. The molecular weight excluding hydrogens is 305 g/mol. The van der Waals surface area contributed by atoms with Gasteiger partial charge < -0.3 is 5.32 Å². The van der Waals surface area contributed by atoms with E-state index < -0.39 is 40.5 Å². The highest BCUT2D eigenvalue weighted by Crippen LogP contribution is 2.37. The minimum Gasteiger partial charge on any atom is -0.324 e. The van der Waals surface area contributed by atoms with E-state index in [-0.39, 0.29) is 5.56 Å². The average Bonchev–Trinajstić information content (AvgIpc) is 2.39. The number of halogens is 5. The van der Waals surface area contributed by atoms with Crippen molar-refractivity contribution in [3.8, 4) is 11.1 Å². The molecule has 0 aliphatic rings.